The molecular formula is C21H23B3ClN3O4. The van der Waals surface area contributed by atoms with Gasteiger partial charge in [0.05, 0.1) is 23.4 Å². The zero-order valence-electron chi connectivity index (χ0n) is 18.2. The minimum absolute atomic E-state index is 0.0158. The molecule has 0 aliphatic carbocycles. The van der Waals surface area contributed by atoms with Gasteiger partial charge in [0.15, 0.2) is 0 Å². The van der Waals surface area contributed by atoms with Gasteiger partial charge < -0.3 is 25.6 Å². The summed E-state index contributed by atoms with van der Waals surface area (Å²) < 4.78 is 5.36. The lowest BCUT2D eigenvalue weighted by Crippen LogP contribution is -2.44. The number of ether oxygens (including phenoxy) is 1. The van der Waals surface area contributed by atoms with Crippen LogP contribution in [0.5, 0.6) is 17.2 Å². The van der Waals surface area contributed by atoms with E-state index in [9.17, 15) is 15.0 Å². The van der Waals surface area contributed by atoms with Gasteiger partial charge in [-0.05, 0) is 24.9 Å². The van der Waals surface area contributed by atoms with E-state index in [0.717, 1.165) is 0 Å². The second kappa shape index (κ2) is 9.59. The topological polar surface area (TPSA) is 94.1 Å². The molecule has 1 heterocycles. The van der Waals surface area contributed by atoms with Crippen molar-refractivity contribution >= 4 is 63.1 Å². The standard InChI is InChI=1S/C21H23B3ClN3O4/c1-9-13(27-21(31)10-6-12(25)14(26-2)7-15(10)32-3)4-5-28(9)8-11-16(22)20(30)18(24)17(23)19(11)29/h6-7,9,13,26,29-30H,4-5,8H2,1-3H3,(H,27,31)/t9-,13-/m1/s1. The maximum Gasteiger partial charge on any atom is 0.255 e. The van der Waals surface area contributed by atoms with Crippen LogP contribution in [0.4, 0.5) is 5.69 Å². The van der Waals surface area contributed by atoms with Crippen LogP contribution in [0, 0.1) is 0 Å². The van der Waals surface area contributed by atoms with Crippen molar-refractivity contribution in [1.29, 1.82) is 0 Å². The molecule has 6 radical (unpaired) electrons. The number of methoxy groups -OCH3 is 1. The maximum atomic E-state index is 13.0. The van der Waals surface area contributed by atoms with Crippen LogP contribution in [0.2, 0.25) is 5.02 Å². The summed E-state index contributed by atoms with van der Waals surface area (Å²) in [7, 11) is 20.6. The monoisotopic (exact) mass is 449 g/mol. The second-order valence-electron chi connectivity index (χ2n) is 7.78. The highest BCUT2D eigenvalue weighted by atomic mass is 35.5. The third-order valence-electron chi connectivity index (χ3n) is 6.03. The molecule has 1 saturated heterocycles. The van der Waals surface area contributed by atoms with E-state index < -0.39 is 0 Å². The zero-order valence-corrected chi connectivity index (χ0v) is 19.0. The van der Waals surface area contributed by atoms with Crippen molar-refractivity contribution in [3.63, 3.8) is 0 Å². The van der Waals surface area contributed by atoms with Gasteiger partial charge in [-0.1, -0.05) is 22.5 Å². The molecule has 0 spiro atoms. The Morgan fingerprint density at radius 3 is 2.50 bits per heavy atom. The maximum absolute atomic E-state index is 13.0. The SMILES string of the molecule is [B]c1c([B])c(O)c(CN2CC[C@@H](NC(=O)c3cc(Cl)c(NC)cc3OC)[C@H]2C)c([B])c1O. The highest BCUT2D eigenvalue weighted by molar-refractivity contribution is 6.53. The first kappa shape index (κ1) is 24.2. The normalized spacial score (nSPS) is 18.5. The third kappa shape index (κ3) is 4.39. The number of likely N-dealkylation sites (tertiary alicyclic amines) is 1. The Kier molecular flexibility index (Phi) is 7.25. The van der Waals surface area contributed by atoms with Crippen LogP contribution >= 0.6 is 11.6 Å². The summed E-state index contributed by atoms with van der Waals surface area (Å²) in [5.74, 6) is -0.492. The molecule has 0 saturated carbocycles. The zero-order chi connectivity index (χ0) is 23.7. The second-order valence-corrected chi connectivity index (χ2v) is 8.19. The number of phenols is 2. The van der Waals surface area contributed by atoms with Gasteiger partial charge in [0, 0.05) is 43.9 Å². The van der Waals surface area contributed by atoms with Gasteiger partial charge in [0.1, 0.15) is 40.8 Å². The summed E-state index contributed by atoms with van der Waals surface area (Å²) in [5, 5.41) is 26.9. The molecular weight excluding hydrogens is 426 g/mol. The fraction of sp³-hybridized carbons (Fsp3) is 0.381. The number of anilines is 1. The summed E-state index contributed by atoms with van der Waals surface area (Å²) in [4.78, 5) is 15.0. The Balaban J connectivity index is 1.77. The average Bonchev–Trinajstić information content (AvgIpc) is 3.12. The molecule has 162 valence electrons. The molecule has 2 aromatic carbocycles. The van der Waals surface area contributed by atoms with Crippen LogP contribution in [0.15, 0.2) is 12.1 Å². The van der Waals surface area contributed by atoms with Crippen molar-refractivity contribution in [3.8, 4) is 17.2 Å². The minimum Gasteiger partial charge on any atom is -0.509 e. The number of phenolic OH excluding ortho intramolecular Hbond substituents is 2. The molecule has 1 aliphatic rings. The van der Waals surface area contributed by atoms with E-state index in [1.165, 1.54) is 7.11 Å². The van der Waals surface area contributed by atoms with Crippen molar-refractivity contribution < 1.29 is 19.7 Å². The molecule has 3 rings (SSSR count). The predicted octanol–water partition coefficient (Wildman–Crippen LogP) is -0.424. The molecule has 2 aromatic rings. The molecule has 1 fully saturated rings. The number of nitrogens with one attached hydrogen (secondary N) is 2. The molecule has 4 N–H and O–H groups in total. The quantitative estimate of drug-likeness (QED) is 0.354. The van der Waals surface area contributed by atoms with Gasteiger partial charge in [-0.25, -0.2) is 0 Å². The molecule has 1 amide bonds. The summed E-state index contributed by atoms with van der Waals surface area (Å²) >= 11 is 6.25. The summed E-state index contributed by atoms with van der Waals surface area (Å²) in [6.45, 7) is 2.82. The van der Waals surface area contributed by atoms with Crippen molar-refractivity contribution in [3.05, 3.63) is 28.3 Å². The Hall–Kier alpha value is -2.45. The number of carbonyl (C=O) groups excluding carboxylic acids is 1. The van der Waals surface area contributed by atoms with Gasteiger partial charge in [0.25, 0.3) is 5.91 Å². The lowest BCUT2D eigenvalue weighted by atomic mass is 9.73. The fourth-order valence-corrected chi connectivity index (χ4v) is 4.21. The van der Waals surface area contributed by atoms with Crippen LogP contribution in [0.3, 0.4) is 0 Å². The van der Waals surface area contributed by atoms with E-state index in [1.54, 1.807) is 19.2 Å². The van der Waals surface area contributed by atoms with Crippen LogP contribution < -0.4 is 31.8 Å². The van der Waals surface area contributed by atoms with Crippen molar-refractivity contribution in [2.75, 3.05) is 26.0 Å². The molecule has 11 heteroatoms. The fourth-order valence-electron chi connectivity index (χ4n) is 3.95. The lowest BCUT2D eigenvalue weighted by molar-refractivity contribution is 0.0923. The van der Waals surface area contributed by atoms with E-state index in [4.69, 9.17) is 39.9 Å². The highest BCUT2D eigenvalue weighted by Crippen LogP contribution is 2.31. The van der Waals surface area contributed by atoms with Crippen LogP contribution in [0.25, 0.3) is 0 Å². The number of halogens is 1. The molecule has 32 heavy (non-hydrogen) atoms. The number of amides is 1. The van der Waals surface area contributed by atoms with E-state index >= 15 is 0 Å². The molecule has 7 nitrogen and oxygen atoms in total. The largest absolute Gasteiger partial charge is 0.509 e. The smallest absolute Gasteiger partial charge is 0.255 e. The Labute approximate surface area is 196 Å². The number of carbonyl (C=O) groups is 1. The van der Waals surface area contributed by atoms with Crippen LogP contribution in [-0.2, 0) is 6.54 Å². The Morgan fingerprint density at radius 1 is 1.22 bits per heavy atom. The van der Waals surface area contributed by atoms with E-state index in [0.29, 0.717) is 40.6 Å². The molecule has 0 bridgehead atoms. The Bertz CT molecular complexity index is 1020. The van der Waals surface area contributed by atoms with Crippen LogP contribution in [-0.4, -0.2) is 77.3 Å². The number of hydrogen-bond acceptors (Lipinski definition) is 6. The first-order valence-electron chi connectivity index (χ1n) is 10.1. The first-order chi connectivity index (χ1) is 15.1. The van der Waals surface area contributed by atoms with Crippen LogP contribution in [0.1, 0.15) is 29.3 Å². The van der Waals surface area contributed by atoms with Crippen molar-refractivity contribution in [1.82, 2.24) is 10.2 Å². The number of rotatable bonds is 6. The molecule has 0 aromatic heterocycles. The van der Waals surface area contributed by atoms with Gasteiger partial charge >= 0.3 is 0 Å². The van der Waals surface area contributed by atoms with E-state index in [2.05, 4.69) is 10.6 Å². The average molecular weight is 449 g/mol. The van der Waals surface area contributed by atoms with Gasteiger partial charge in [-0.15, -0.1) is 0 Å². The van der Waals surface area contributed by atoms with E-state index in [1.807, 2.05) is 11.8 Å². The molecule has 1 aliphatic heterocycles. The molecule has 0 unspecified atom stereocenters. The Morgan fingerprint density at radius 2 is 1.88 bits per heavy atom. The lowest BCUT2D eigenvalue weighted by Gasteiger charge is -2.27. The van der Waals surface area contributed by atoms with Crippen molar-refractivity contribution in [2.24, 2.45) is 0 Å². The number of hydrogen-bond donors (Lipinski definition) is 4. The summed E-state index contributed by atoms with van der Waals surface area (Å²) in [5.41, 5.74) is 1.00. The summed E-state index contributed by atoms with van der Waals surface area (Å²) in [6.07, 6.45) is 0.675. The van der Waals surface area contributed by atoms with Crippen molar-refractivity contribution in [2.45, 2.75) is 32.0 Å². The van der Waals surface area contributed by atoms with Gasteiger partial charge in [-0.2, -0.15) is 0 Å². The number of benzene rings is 2. The summed E-state index contributed by atoms with van der Waals surface area (Å²) in [6, 6.07) is 2.98. The number of aromatic hydroxyl groups is 2. The van der Waals surface area contributed by atoms with Gasteiger partial charge in [0.2, 0.25) is 0 Å². The van der Waals surface area contributed by atoms with Gasteiger partial charge in [-0.3, -0.25) is 9.69 Å². The number of nitrogens with zero attached hydrogens (tertiary/aromatic N) is 1. The third-order valence-corrected chi connectivity index (χ3v) is 6.35. The highest BCUT2D eigenvalue weighted by Gasteiger charge is 2.33. The predicted molar refractivity (Wildman–Crippen MR) is 129 cm³/mol. The minimum atomic E-state index is -0.346. The first-order valence-corrected chi connectivity index (χ1v) is 10.5. The van der Waals surface area contributed by atoms with E-state index in [-0.39, 0.29) is 52.4 Å². The molecule has 2 atom stereocenters.